The smallest absolute Gasteiger partial charge is 0.180 e. The summed E-state index contributed by atoms with van der Waals surface area (Å²) < 4.78 is 29.0. The van der Waals surface area contributed by atoms with E-state index in [0.29, 0.717) is 5.75 Å². The molecule has 6 heteroatoms. The Kier molecular flexibility index (Phi) is 4.06. The van der Waals surface area contributed by atoms with Crippen LogP contribution in [0.3, 0.4) is 0 Å². The van der Waals surface area contributed by atoms with Crippen LogP contribution in [0.15, 0.2) is 29.2 Å². The second-order valence-corrected chi connectivity index (χ2v) is 6.29. The van der Waals surface area contributed by atoms with E-state index in [1.165, 1.54) is 13.2 Å². The lowest BCUT2D eigenvalue weighted by molar-refractivity contribution is 0.413. The number of benzene rings is 1. The van der Waals surface area contributed by atoms with Crippen molar-refractivity contribution in [3.05, 3.63) is 24.3 Å². The van der Waals surface area contributed by atoms with Crippen LogP contribution < -0.4 is 10.5 Å². The molecule has 0 heterocycles. The summed E-state index contributed by atoms with van der Waals surface area (Å²) in [6, 6.07) is 6.49. The Morgan fingerprint density at radius 3 is 2.59 bits per heavy atom. The highest BCUT2D eigenvalue weighted by atomic mass is 35.5. The minimum absolute atomic E-state index is 0. The van der Waals surface area contributed by atoms with E-state index in [-0.39, 0.29) is 23.1 Å². The van der Waals surface area contributed by atoms with Gasteiger partial charge in [0.1, 0.15) is 5.75 Å². The molecule has 1 aromatic rings. The third kappa shape index (κ3) is 3.34. The van der Waals surface area contributed by atoms with Gasteiger partial charge in [0.2, 0.25) is 0 Å². The monoisotopic (exact) mass is 277 g/mol. The van der Waals surface area contributed by atoms with Crippen LogP contribution in [-0.4, -0.2) is 26.8 Å². The summed E-state index contributed by atoms with van der Waals surface area (Å²) in [6.07, 6.45) is 1.58. The first-order chi connectivity index (χ1) is 7.45. The Balaban J connectivity index is 0.00000144. The molecule has 0 aliphatic heterocycles. The lowest BCUT2D eigenvalue weighted by Gasteiger charge is -2.10. The molecule has 1 fully saturated rings. The molecule has 0 bridgehead atoms. The van der Waals surface area contributed by atoms with Crippen molar-refractivity contribution in [3.8, 4) is 5.75 Å². The highest BCUT2D eigenvalue weighted by Crippen LogP contribution is 2.35. The first-order valence-electron chi connectivity index (χ1n) is 5.11. The molecular formula is C11H16ClNO3S. The largest absolute Gasteiger partial charge is 0.497 e. The van der Waals surface area contributed by atoms with Gasteiger partial charge >= 0.3 is 0 Å². The van der Waals surface area contributed by atoms with Crippen LogP contribution in [0.25, 0.3) is 0 Å². The van der Waals surface area contributed by atoms with E-state index in [1.807, 2.05) is 0 Å². The number of methoxy groups -OCH3 is 1. The summed E-state index contributed by atoms with van der Waals surface area (Å²) in [5, 5.41) is 0. The van der Waals surface area contributed by atoms with Gasteiger partial charge in [-0.3, -0.25) is 0 Å². The SMILES string of the molecule is COc1cccc(S(=O)(=O)CC2(N)CC2)c1.Cl. The van der Waals surface area contributed by atoms with E-state index in [1.54, 1.807) is 18.2 Å². The first kappa shape index (κ1) is 14.3. The molecule has 0 spiro atoms. The van der Waals surface area contributed by atoms with Gasteiger partial charge in [-0.05, 0) is 31.0 Å². The molecule has 2 N–H and O–H groups in total. The molecule has 1 aliphatic carbocycles. The molecule has 0 amide bonds. The number of ether oxygens (including phenoxy) is 1. The molecule has 0 radical (unpaired) electrons. The van der Waals surface area contributed by atoms with Crippen molar-refractivity contribution in [2.75, 3.05) is 12.9 Å². The van der Waals surface area contributed by atoms with Crippen molar-refractivity contribution in [3.63, 3.8) is 0 Å². The zero-order chi connectivity index (χ0) is 11.8. The van der Waals surface area contributed by atoms with E-state index >= 15 is 0 Å². The fourth-order valence-corrected chi connectivity index (χ4v) is 3.36. The Bertz CT molecular complexity index is 497. The van der Waals surface area contributed by atoms with Crippen LogP contribution >= 0.6 is 12.4 Å². The first-order valence-corrected chi connectivity index (χ1v) is 6.76. The number of rotatable bonds is 4. The highest BCUT2D eigenvalue weighted by molar-refractivity contribution is 7.91. The van der Waals surface area contributed by atoms with Gasteiger partial charge in [-0.25, -0.2) is 8.42 Å². The molecule has 96 valence electrons. The van der Waals surface area contributed by atoms with Crippen molar-refractivity contribution < 1.29 is 13.2 Å². The number of hydrogen-bond acceptors (Lipinski definition) is 4. The zero-order valence-corrected chi connectivity index (χ0v) is 11.2. The number of nitrogens with two attached hydrogens (primary N) is 1. The summed E-state index contributed by atoms with van der Waals surface area (Å²) in [4.78, 5) is 0.281. The Morgan fingerprint density at radius 1 is 1.41 bits per heavy atom. The van der Waals surface area contributed by atoms with Gasteiger partial charge < -0.3 is 10.5 Å². The third-order valence-corrected chi connectivity index (χ3v) is 4.70. The van der Waals surface area contributed by atoms with Crippen molar-refractivity contribution in [2.45, 2.75) is 23.3 Å². The van der Waals surface area contributed by atoms with E-state index in [2.05, 4.69) is 0 Å². The molecule has 0 unspecified atom stereocenters. The quantitative estimate of drug-likeness (QED) is 0.903. The number of hydrogen-bond donors (Lipinski definition) is 1. The van der Waals surface area contributed by atoms with Crippen molar-refractivity contribution in [2.24, 2.45) is 5.73 Å². The van der Waals surface area contributed by atoms with Gasteiger partial charge in [0.15, 0.2) is 9.84 Å². The standard InChI is InChI=1S/C11H15NO3S.ClH/c1-15-9-3-2-4-10(7-9)16(13,14)8-11(12)5-6-11;/h2-4,7H,5-6,8,12H2,1H3;1H. The Morgan fingerprint density at radius 2 is 2.06 bits per heavy atom. The maximum Gasteiger partial charge on any atom is 0.180 e. The fourth-order valence-electron chi connectivity index (χ4n) is 1.56. The van der Waals surface area contributed by atoms with E-state index < -0.39 is 15.4 Å². The minimum atomic E-state index is -3.29. The molecule has 0 saturated heterocycles. The van der Waals surface area contributed by atoms with Crippen LogP contribution in [0.5, 0.6) is 5.75 Å². The molecule has 1 aliphatic rings. The average Bonchev–Trinajstić information content (AvgIpc) is 2.95. The summed E-state index contributed by atoms with van der Waals surface area (Å²) in [7, 11) is -1.78. The highest BCUT2D eigenvalue weighted by Gasteiger charge is 2.42. The molecule has 2 rings (SSSR count). The Labute approximate surface area is 107 Å². The zero-order valence-electron chi connectivity index (χ0n) is 9.55. The average molecular weight is 278 g/mol. The minimum Gasteiger partial charge on any atom is -0.497 e. The summed E-state index contributed by atoms with van der Waals surface area (Å²) in [6.45, 7) is 0. The molecule has 4 nitrogen and oxygen atoms in total. The van der Waals surface area contributed by atoms with Crippen LogP contribution in [-0.2, 0) is 9.84 Å². The Hall–Kier alpha value is -0.780. The number of halogens is 1. The van der Waals surface area contributed by atoms with E-state index in [0.717, 1.165) is 12.8 Å². The lowest BCUT2D eigenvalue weighted by atomic mass is 10.3. The van der Waals surface area contributed by atoms with Gasteiger partial charge in [0, 0.05) is 5.54 Å². The molecular weight excluding hydrogens is 262 g/mol. The van der Waals surface area contributed by atoms with Crippen LogP contribution in [0.1, 0.15) is 12.8 Å². The van der Waals surface area contributed by atoms with Gasteiger partial charge in [0.05, 0.1) is 17.8 Å². The normalized spacial score (nSPS) is 17.1. The van der Waals surface area contributed by atoms with Gasteiger partial charge in [-0.15, -0.1) is 12.4 Å². The second-order valence-electron chi connectivity index (χ2n) is 4.30. The number of sulfone groups is 1. The van der Waals surface area contributed by atoms with Gasteiger partial charge in [-0.1, -0.05) is 6.07 Å². The molecule has 1 saturated carbocycles. The summed E-state index contributed by atoms with van der Waals surface area (Å²) >= 11 is 0. The fraction of sp³-hybridized carbons (Fsp3) is 0.455. The predicted octanol–water partition coefficient (Wildman–Crippen LogP) is 1.38. The van der Waals surface area contributed by atoms with Crippen LogP contribution in [0, 0.1) is 0 Å². The maximum atomic E-state index is 12.0. The van der Waals surface area contributed by atoms with Gasteiger partial charge in [0.25, 0.3) is 0 Å². The molecule has 0 atom stereocenters. The molecule has 1 aromatic carbocycles. The van der Waals surface area contributed by atoms with Crippen molar-refractivity contribution >= 4 is 22.2 Å². The topological polar surface area (TPSA) is 69.4 Å². The van der Waals surface area contributed by atoms with Crippen LogP contribution in [0.4, 0.5) is 0 Å². The van der Waals surface area contributed by atoms with Crippen molar-refractivity contribution in [1.29, 1.82) is 0 Å². The van der Waals surface area contributed by atoms with E-state index in [4.69, 9.17) is 10.5 Å². The predicted molar refractivity (Wildman–Crippen MR) is 68.4 cm³/mol. The molecule has 0 aromatic heterocycles. The maximum absolute atomic E-state index is 12.0. The summed E-state index contributed by atoms with van der Waals surface area (Å²) in [5.74, 6) is 0.565. The second kappa shape index (κ2) is 4.84. The molecule has 17 heavy (non-hydrogen) atoms. The van der Waals surface area contributed by atoms with Gasteiger partial charge in [-0.2, -0.15) is 0 Å². The van der Waals surface area contributed by atoms with Crippen molar-refractivity contribution in [1.82, 2.24) is 0 Å². The third-order valence-electron chi connectivity index (χ3n) is 2.77. The van der Waals surface area contributed by atoms with E-state index in [9.17, 15) is 8.42 Å². The summed E-state index contributed by atoms with van der Waals surface area (Å²) in [5.41, 5.74) is 5.33. The van der Waals surface area contributed by atoms with Crippen LogP contribution in [0.2, 0.25) is 0 Å². The lowest BCUT2D eigenvalue weighted by Crippen LogP contribution is -2.31.